The largest absolute Gasteiger partial charge is 0.314 e. The van der Waals surface area contributed by atoms with Crippen molar-refractivity contribution in [2.24, 2.45) is 0 Å². The molecule has 20 heavy (non-hydrogen) atoms. The highest BCUT2D eigenvalue weighted by Gasteiger charge is 2.16. The van der Waals surface area contributed by atoms with Crippen LogP contribution in [0.15, 0.2) is 12.4 Å². The maximum absolute atomic E-state index is 12.0. The summed E-state index contributed by atoms with van der Waals surface area (Å²) in [6.45, 7) is 8.21. The van der Waals surface area contributed by atoms with Gasteiger partial charge in [-0.25, -0.2) is 8.42 Å². The van der Waals surface area contributed by atoms with Crippen molar-refractivity contribution in [2.75, 3.05) is 43.2 Å². The molecule has 0 radical (unpaired) electrons. The zero-order chi connectivity index (χ0) is 14.6. The Balaban J connectivity index is 1.86. The fourth-order valence-corrected chi connectivity index (χ4v) is 3.15. The van der Waals surface area contributed by atoms with Gasteiger partial charge in [0.2, 0.25) is 10.0 Å². The van der Waals surface area contributed by atoms with Crippen LogP contribution in [0, 0.1) is 0 Å². The molecule has 7 nitrogen and oxygen atoms in total. The van der Waals surface area contributed by atoms with Gasteiger partial charge in [-0.2, -0.15) is 5.10 Å². The number of piperazine rings is 1. The van der Waals surface area contributed by atoms with Crippen molar-refractivity contribution in [3.63, 3.8) is 0 Å². The molecular formula is C12H23N5O2S. The standard InChI is InChI=1S/C12H23N5O2S/c1-11(2)17-10-12(9-14-17)15-20(18,19)8-7-16-5-3-13-4-6-16/h9-11,13,15H,3-8H2,1-2H3. The Hall–Kier alpha value is -1.12. The quantitative estimate of drug-likeness (QED) is 0.780. The van der Waals surface area contributed by atoms with Gasteiger partial charge in [-0.05, 0) is 13.8 Å². The first kappa shape index (κ1) is 15.3. The highest BCUT2D eigenvalue weighted by molar-refractivity contribution is 7.92. The molecule has 0 unspecified atom stereocenters. The van der Waals surface area contributed by atoms with Crippen LogP contribution in [0.5, 0.6) is 0 Å². The van der Waals surface area contributed by atoms with Gasteiger partial charge in [0, 0.05) is 45.0 Å². The topological polar surface area (TPSA) is 79.3 Å². The molecule has 2 rings (SSSR count). The lowest BCUT2D eigenvalue weighted by atomic mass is 10.4. The fraction of sp³-hybridized carbons (Fsp3) is 0.750. The molecule has 2 N–H and O–H groups in total. The molecule has 0 bridgehead atoms. The van der Waals surface area contributed by atoms with Crippen molar-refractivity contribution >= 4 is 15.7 Å². The number of anilines is 1. The van der Waals surface area contributed by atoms with Crippen molar-refractivity contribution in [3.05, 3.63) is 12.4 Å². The van der Waals surface area contributed by atoms with Gasteiger partial charge < -0.3 is 5.32 Å². The maximum atomic E-state index is 12.0. The predicted molar refractivity (Wildman–Crippen MR) is 79.3 cm³/mol. The van der Waals surface area contributed by atoms with Crippen LogP contribution in [0.25, 0.3) is 0 Å². The summed E-state index contributed by atoms with van der Waals surface area (Å²) in [4.78, 5) is 2.16. The van der Waals surface area contributed by atoms with Gasteiger partial charge in [-0.3, -0.25) is 14.3 Å². The first-order valence-corrected chi connectivity index (χ1v) is 8.59. The first-order chi connectivity index (χ1) is 9.46. The molecule has 1 fully saturated rings. The SMILES string of the molecule is CC(C)n1cc(NS(=O)(=O)CCN2CCNCC2)cn1. The molecule has 1 aromatic rings. The van der Waals surface area contributed by atoms with E-state index in [1.165, 1.54) is 0 Å². The minimum Gasteiger partial charge on any atom is -0.314 e. The monoisotopic (exact) mass is 301 g/mol. The Labute approximate surface area is 120 Å². The highest BCUT2D eigenvalue weighted by atomic mass is 32.2. The molecule has 0 amide bonds. The van der Waals surface area contributed by atoms with E-state index in [4.69, 9.17) is 0 Å². The average molecular weight is 301 g/mol. The van der Waals surface area contributed by atoms with Gasteiger partial charge in [-0.1, -0.05) is 0 Å². The normalized spacial score (nSPS) is 17.6. The van der Waals surface area contributed by atoms with E-state index in [9.17, 15) is 8.42 Å². The van der Waals surface area contributed by atoms with E-state index in [1.807, 2.05) is 13.8 Å². The first-order valence-electron chi connectivity index (χ1n) is 6.94. The van der Waals surface area contributed by atoms with Crippen LogP contribution in [0.3, 0.4) is 0 Å². The van der Waals surface area contributed by atoms with Crippen LogP contribution < -0.4 is 10.0 Å². The molecule has 0 spiro atoms. The third-order valence-corrected chi connectivity index (χ3v) is 4.56. The van der Waals surface area contributed by atoms with E-state index in [0.717, 1.165) is 26.2 Å². The Bertz CT molecular complexity index is 520. The van der Waals surface area contributed by atoms with Crippen molar-refractivity contribution in [2.45, 2.75) is 19.9 Å². The maximum Gasteiger partial charge on any atom is 0.234 e. The number of sulfonamides is 1. The number of nitrogens with zero attached hydrogens (tertiary/aromatic N) is 3. The Morgan fingerprint density at radius 3 is 2.70 bits per heavy atom. The summed E-state index contributed by atoms with van der Waals surface area (Å²) in [6, 6.07) is 0.217. The molecule has 0 aliphatic carbocycles. The van der Waals surface area contributed by atoms with E-state index in [2.05, 4.69) is 20.0 Å². The van der Waals surface area contributed by atoms with Crippen LogP contribution in [0.1, 0.15) is 19.9 Å². The molecule has 8 heteroatoms. The van der Waals surface area contributed by atoms with Gasteiger partial charge in [0.25, 0.3) is 0 Å². The van der Waals surface area contributed by atoms with Crippen molar-refractivity contribution < 1.29 is 8.42 Å². The van der Waals surface area contributed by atoms with Crippen molar-refractivity contribution in [3.8, 4) is 0 Å². The molecule has 1 aliphatic rings. The van der Waals surface area contributed by atoms with Crippen LogP contribution in [-0.2, 0) is 10.0 Å². The van der Waals surface area contributed by atoms with Gasteiger partial charge in [0.05, 0.1) is 17.6 Å². The summed E-state index contributed by atoms with van der Waals surface area (Å²) in [5.41, 5.74) is 0.527. The molecular weight excluding hydrogens is 278 g/mol. The zero-order valence-corrected chi connectivity index (χ0v) is 12.9. The molecule has 2 heterocycles. The second kappa shape index (κ2) is 6.55. The zero-order valence-electron chi connectivity index (χ0n) is 12.0. The van der Waals surface area contributed by atoms with Crippen LogP contribution in [0.4, 0.5) is 5.69 Å². The average Bonchev–Trinajstić information content (AvgIpc) is 2.86. The lowest BCUT2D eigenvalue weighted by Gasteiger charge is -2.26. The number of aromatic nitrogens is 2. The third kappa shape index (κ3) is 4.46. The summed E-state index contributed by atoms with van der Waals surface area (Å²) in [5.74, 6) is 0.111. The third-order valence-electron chi connectivity index (χ3n) is 3.29. The van der Waals surface area contributed by atoms with Gasteiger partial charge in [0.1, 0.15) is 0 Å². The fourth-order valence-electron chi connectivity index (χ4n) is 2.09. The smallest absolute Gasteiger partial charge is 0.234 e. The Morgan fingerprint density at radius 1 is 1.40 bits per heavy atom. The summed E-state index contributed by atoms with van der Waals surface area (Å²) in [5, 5.41) is 7.37. The van der Waals surface area contributed by atoms with Crippen molar-refractivity contribution in [1.82, 2.24) is 20.0 Å². The molecule has 1 saturated heterocycles. The summed E-state index contributed by atoms with van der Waals surface area (Å²) in [6.07, 6.45) is 3.26. The number of hydrogen-bond acceptors (Lipinski definition) is 5. The second-order valence-corrected chi connectivity index (χ2v) is 7.16. The predicted octanol–water partition coefficient (Wildman–Crippen LogP) is 0.111. The van der Waals surface area contributed by atoms with Crippen LogP contribution in [0.2, 0.25) is 0 Å². The molecule has 114 valence electrons. The minimum atomic E-state index is -3.31. The Kier molecular flexibility index (Phi) is 5.00. The summed E-state index contributed by atoms with van der Waals surface area (Å²) < 4.78 is 28.4. The van der Waals surface area contributed by atoms with Gasteiger partial charge in [-0.15, -0.1) is 0 Å². The summed E-state index contributed by atoms with van der Waals surface area (Å²) >= 11 is 0. The van der Waals surface area contributed by atoms with E-state index >= 15 is 0 Å². The number of nitrogens with one attached hydrogen (secondary N) is 2. The van der Waals surface area contributed by atoms with Crippen molar-refractivity contribution in [1.29, 1.82) is 0 Å². The van der Waals surface area contributed by atoms with Gasteiger partial charge in [0.15, 0.2) is 0 Å². The van der Waals surface area contributed by atoms with Crippen LogP contribution in [-0.4, -0.2) is 61.6 Å². The molecule has 1 aliphatic heterocycles. The minimum absolute atomic E-state index is 0.111. The van der Waals surface area contributed by atoms with E-state index in [0.29, 0.717) is 12.2 Å². The Morgan fingerprint density at radius 2 is 2.10 bits per heavy atom. The lowest BCUT2D eigenvalue weighted by molar-refractivity contribution is 0.254. The van der Waals surface area contributed by atoms with E-state index in [-0.39, 0.29) is 11.8 Å². The lowest BCUT2D eigenvalue weighted by Crippen LogP contribution is -2.45. The molecule has 0 aromatic carbocycles. The molecule has 0 atom stereocenters. The number of rotatable bonds is 6. The van der Waals surface area contributed by atoms with E-state index < -0.39 is 10.0 Å². The van der Waals surface area contributed by atoms with E-state index in [1.54, 1.807) is 17.1 Å². The molecule has 1 aromatic heterocycles. The second-order valence-electron chi connectivity index (χ2n) is 5.32. The number of hydrogen-bond donors (Lipinski definition) is 2. The molecule has 0 saturated carbocycles. The van der Waals surface area contributed by atoms with Crippen LogP contribution >= 0.6 is 0 Å². The summed E-state index contributed by atoms with van der Waals surface area (Å²) in [7, 11) is -3.31. The highest BCUT2D eigenvalue weighted by Crippen LogP contribution is 2.11. The van der Waals surface area contributed by atoms with Gasteiger partial charge >= 0.3 is 0 Å².